The highest BCUT2D eigenvalue weighted by molar-refractivity contribution is 6.61. The Bertz CT molecular complexity index is 685. The quantitative estimate of drug-likeness (QED) is 0.723. The molecule has 0 heterocycles. The number of carbonyl (C=O) groups excluding carboxylic acids is 1. The van der Waals surface area contributed by atoms with Gasteiger partial charge in [-0.05, 0) is 17.5 Å². The Kier molecular flexibility index (Phi) is 5.19. The third-order valence-corrected chi connectivity index (χ3v) is 6.15. The first-order valence-corrected chi connectivity index (χ1v) is 8.46. The summed E-state index contributed by atoms with van der Waals surface area (Å²) in [5.74, 6) is -4.38. The molecule has 3 nitrogen and oxygen atoms in total. The fraction of sp³-hybridized carbons (Fsp3) is 0.529. The van der Waals surface area contributed by atoms with Gasteiger partial charge in [0.25, 0.3) is 0 Å². The van der Waals surface area contributed by atoms with Crippen LogP contribution in [0.2, 0.25) is 0 Å². The van der Waals surface area contributed by atoms with Crippen LogP contribution in [0, 0.1) is 5.92 Å². The Labute approximate surface area is 153 Å². The second kappa shape index (κ2) is 6.47. The lowest BCUT2D eigenvalue weighted by atomic mass is 9.68. The molecule has 138 valence electrons. The van der Waals surface area contributed by atoms with Crippen LogP contribution in [0.1, 0.15) is 43.7 Å². The van der Waals surface area contributed by atoms with Gasteiger partial charge in [0.15, 0.2) is 10.1 Å². The number of Topliss-reactive ketones (excluding diaryl/α,β-unsaturated/α-hetero) is 1. The Morgan fingerprint density at radius 3 is 2.16 bits per heavy atom. The molecule has 0 aliphatic heterocycles. The highest BCUT2D eigenvalue weighted by atomic mass is 35.5. The van der Waals surface area contributed by atoms with E-state index < -0.39 is 33.7 Å². The molecule has 0 aromatic heterocycles. The van der Waals surface area contributed by atoms with E-state index in [0.29, 0.717) is 5.56 Å². The van der Waals surface area contributed by atoms with Crippen LogP contribution in [0.15, 0.2) is 24.3 Å². The Balaban J connectivity index is 2.44. The molecule has 8 heteroatoms. The van der Waals surface area contributed by atoms with Crippen LogP contribution in [0.5, 0.6) is 0 Å². The highest BCUT2D eigenvalue weighted by Gasteiger charge is 2.56. The number of carboxylic acids is 1. The molecule has 1 fully saturated rings. The van der Waals surface area contributed by atoms with Crippen molar-refractivity contribution < 1.29 is 27.9 Å². The van der Waals surface area contributed by atoms with Crippen molar-refractivity contribution in [2.24, 2.45) is 5.92 Å². The summed E-state index contributed by atoms with van der Waals surface area (Å²) in [6.45, 7) is 2.29. The zero-order valence-corrected chi connectivity index (χ0v) is 15.0. The van der Waals surface area contributed by atoms with Gasteiger partial charge in [0.1, 0.15) is 5.41 Å². The number of hydrogen-bond donors (Lipinski definition) is 1. The third kappa shape index (κ3) is 3.14. The van der Waals surface area contributed by atoms with Crippen LogP contribution in [-0.4, -0.2) is 27.4 Å². The van der Waals surface area contributed by atoms with Crippen molar-refractivity contribution in [1.82, 2.24) is 0 Å². The maximum absolute atomic E-state index is 13.3. The number of benzene rings is 1. The van der Waals surface area contributed by atoms with Gasteiger partial charge in [-0.2, -0.15) is 13.2 Å². The molecule has 0 amide bonds. The summed E-state index contributed by atoms with van der Waals surface area (Å²) in [7, 11) is 0. The largest absolute Gasteiger partial charge is 0.481 e. The number of aliphatic carboxylic acids is 1. The maximum Gasteiger partial charge on any atom is 0.392 e. The van der Waals surface area contributed by atoms with Crippen molar-refractivity contribution in [3.63, 3.8) is 0 Å². The van der Waals surface area contributed by atoms with Gasteiger partial charge in [0, 0.05) is 12.3 Å². The lowest BCUT2D eigenvalue weighted by molar-refractivity contribution is -0.198. The predicted octanol–water partition coefficient (Wildman–Crippen LogP) is 4.85. The molecule has 1 aliphatic carbocycles. The smallest absolute Gasteiger partial charge is 0.392 e. The van der Waals surface area contributed by atoms with Crippen LogP contribution < -0.4 is 0 Å². The summed E-state index contributed by atoms with van der Waals surface area (Å²) in [6, 6.07) is 5.68. The van der Waals surface area contributed by atoms with E-state index in [0.717, 1.165) is 6.92 Å². The lowest BCUT2D eigenvalue weighted by Crippen LogP contribution is -2.48. The van der Waals surface area contributed by atoms with Crippen molar-refractivity contribution in [2.45, 2.75) is 48.5 Å². The Morgan fingerprint density at radius 2 is 1.84 bits per heavy atom. The number of hydrogen-bond acceptors (Lipinski definition) is 2. The lowest BCUT2D eigenvalue weighted by Gasteiger charge is -2.39. The first kappa shape index (κ1) is 20.0. The van der Waals surface area contributed by atoms with Crippen LogP contribution in [-0.2, 0) is 15.0 Å². The molecular formula is C17H17Cl2F3O3. The number of ketones is 1. The average Bonchev–Trinajstić information content (AvgIpc) is 2.53. The van der Waals surface area contributed by atoms with Crippen LogP contribution in [0.3, 0.4) is 0 Å². The predicted molar refractivity (Wildman–Crippen MR) is 88.1 cm³/mol. The van der Waals surface area contributed by atoms with E-state index in [1.54, 1.807) is 0 Å². The maximum atomic E-state index is 13.3. The molecule has 1 aromatic rings. The summed E-state index contributed by atoms with van der Waals surface area (Å²) >= 11 is 11.9. The summed E-state index contributed by atoms with van der Waals surface area (Å²) in [6.07, 6.45) is -4.74. The topological polar surface area (TPSA) is 54.4 Å². The molecule has 1 aromatic carbocycles. The van der Waals surface area contributed by atoms with E-state index in [9.17, 15) is 27.9 Å². The highest BCUT2D eigenvalue weighted by Crippen LogP contribution is 2.51. The number of carbonyl (C=O) groups is 2. The van der Waals surface area contributed by atoms with Crippen molar-refractivity contribution in [1.29, 1.82) is 0 Å². The van der Waals surface area contributed by atoms with E-state index >= 15 is 0 Å². The molecule has 1 N–H and O–H groups in total. The van der Waals surface area contributed by atoms with Gasteiger partial charge in [0.05, 0.1) is 5.92 Å². The van der Waals surface area contributed by atoms with E-state index in [4.69, 9.17) is 23.2 Å². The minimum Gasteiger partial charge on any atom is -0.481 e. The van der Waals surface area contributed by atoms with Crippen LogP contribution >= 0.6 is 23.2 Å². The van der Waals surface area contributed by atoms with Gasteiger partial charge in [-0.1, -0.05) is 61.3 Å². The normalized spacial score (nSPS) is 23.5. The van der Waals surface area contributed by atoms with Gasteiger partial charge in [-0.3, -0.25) is 9.59 Å². The van der Waals surface area contributed by atoms with Crippen molar-refractivity contribution in [3.05, 3.63) is 35.4 Å². The molecule has 0 saturated heterocycles. The number of halogens is 5. The summed E-state index contributed by atoms with van der Waals surface area (Å²) < 4.78 is 38.2. The van der Waals surface area contributed by atoms with E-state index in [1.807, 2.05) is 0 Å². The zero-order chi connectivity index (χ0) is 19.2. The minimum atomic E-state index is -4.66. The third-order valence-electron chi connectivity index (χ3n) is 5.20. The molecule has 3 atom stereocenters. The van der Waals surface area contributed by atoms with Gasteiger partial charge in [-0.25, -0.2) is 0 Å². The number of carboxylic acid groups (broad SMARTS) is 1. The molecule has 0 radical (unpaired) electrons. The second-order valence-electron chi connectivity index (χ2n) is 6.32. The van der Waals surface area contributed by atoms with Gasteiger partial charge in [0.2, 0.25) is 0 Å². The van der Waals surface area contributed by atoms with Crippen LogP contribution in [0.4, 0.5) is 13.2 Å². The molecule has 1 aliphatic rings. The van der Waals surface area contributed by atoms with Crippen molar-refractivity contribution in [3.8, 4) is 0 Å². The average molecular weight is 397 g/mol. The SMILES string of the molecule is CCC(C(=O)O)(c1ccc(C2CC(=O)C2(Cl)Cl)cc1)[C@@H](C)C(F)(F)F. The van der Waals surface area contributed by atoms with Crippen LogP contribution in [0.25, 0.3) is 0 Å². The first-order valence-electron chi connectivity index (χ1n) is 7.70. The molecule has 0 spiro atoms. The Morgan fingerprint density at radius 1 is 1.32 bits per heavy atom. The standard InChI is InChI=1S/C17H17Cl2F3O3/c1-3-15(14(24)25,9(2)17(20,21)22)11-6-4-10(5-7-11)12-8-13(23)16(12,18)19/h4-7,9,12H,3,8H2,1-2H3,(H,24,25)/t9-,12?,15?/m1/s1. The van der Waals surface area contributed by atoms with Crippen molar-refractivity contribution in [2.75, 3.05) is 0 Å². The number of alkyl halides is 5. The molecule has 25 heavy (non-hydrogen) atoms. The van der Waals surface area contributed by atoms with Gasteiger partial charge >= 0.3 is 12.1 Å². The van der Waals surface area contributed by atoms with Crippen molar-refractivity contribution >= 4 is 35.0 Å². The molecule has 2 unspecified atom stereocenters. The Hall–Kier alpha value is -1.27. The molecule has 2 rings (SSSR count). The van der Waals surface area contributed by atoms with E-state index in [-0.39, 0.29) is 24.2 Å². The first-order chi connectivity index (χ1) is 11.4. The second-order valence-corrected chi connectivity index (χ2v) is 7.70. The van der Waals surface area contributed by atoms with E-state index in [2.05, 4.69) is 0 Å². The fourth-order valence-corrected chi connectivity index (χ4v) is 3.91. The summed E-state index contributed by atoms with van der Waals surface area (Å²) in [5.41, 5.74) is -1.45. The fourth-order valence-electron chi connectivity index (χ4n) is 3.35. The van der Waals surface area contributed by atoms with E-state index in [1.165, 1.54) is 31.2 Å². The van der Waals surface area contributed by atoms with Gasteiger partial charge in [-0.15, -0.1) is 0 Å². The molecule has 0 bridgehead atoms. The minimum absolute atomic E-state index is 0.0523. The zero-order valence-electron chi connectivity index (χ0n) is 13.5. The molecule has 1 saturated carbocycles. The monoisotopic (exact) mass is 396 g/mol. The summed E-state index contributed by atoms with van der Waals surface area (Å²) in [4.78, 5) is 23.2. The number of rotatable bonds is 5. The molecular weight excluding hydrogens is 380 g/mol. The summed E-state index contributed by atoms with van der Waals surface area (Å²) in [5, 5.41) is 9.58. The van der Waals surface area contributed by atoms with Gasteiger partial charge < -0.3 is 5.11 Å².